The van der Waals surface area contributed by atoms with Crippen molar-refractivity contribution in [3.63, 3.8) is 0 Å². The van der Waals surface area contributed by atoms with E-state index in [1.54, 1.807) is 28.9 Å². The predicted molar refractivity (Wildman–Crippen MR) is 97.5 cm³/mol. The Morgan fingerprint density at radius 2 is 1.96 bits per heavy atom. The molecule has 5 nitrogen and oxygen atoms in total. The maximum atomic E-state index is 12.0. The van der Waals surface area contributed by atoms with Gasteiger partial charge < -0.3 is 9.14 Å². The van der Waals surface area contributed by atoms with Crippen LogP contribution in [-0.4, -0.2) is 33.6 Å². The number of hydrogen-bond donors (Lipinski definition) is 0. The molecule has 0 atom stereocenters. The summed E-state index contributed by atoms with van der Waals surface area (Å²) in [5.74, 6) is -0.549. The molecule has 0 saturated carbocycles. The zero-order valence-corrected chi connectivity index (χ0v) is 14.0. The van der Waals surface area contributed by atoms with Gasteiger partial charge in [0.05, 0.1) is 11.3 Å². The Hall–Kier alpha value is -2.76. The van der Waals surface area contributed by atoms with Gasteiger partial charge in [-0.15, -0.1) is 0 Å². The molecule has 6 heteroatoms. The van der Waals surface area contributed by atoms with Crippen LogP contribution in [0.15, 0.2) is 42.9 Å². The van der Waals surface area contributed by atoms with Crippen molar-refractivity contribution in [2.45, 2.75) is 28.2 Å². The Kier molecular flexibility index (Phi) is 7.72. The number of aryl methyl sites for hydroxylation is 1. The molecule has 0 spiro atoms. The lowest BCUT2D eigenvalue weighted by Crippen LogP contribution is -2.08. The molecule has 0 aromatic carbocycles. The molecular formula is C19H24FN3O2. The van der Waals surface area contributed by atoms with Crippen molar-refractivity contribution in [2.75, 3.05) is 13.3 Å². The topological polar surface area (TPSA) is 56.5 Å². The van der Waals surface area contributed by atoms with Crippen molar-refractivity contribution >= 4 is 11.6 Å². The average molecular weight is 345 g/mol. The van der Waals surface area contributed by atoms with E-state index in [1.807, 2.05) is 39.1 Å². The third kappa shape index (κ3) is 4.86. The highest BCUT2D eigenvalue weighted by molar-refractivity contribution is 5.89. The SMILES string of the molecule is C.CC.Cc1ccc(-c2cn3cc(C(=O)OCCF)ccc3n2)cn1. The number of halogens is 1. The Bertz CT molecular complexity index is 813. The zero-order valence-electron chi connectivity index (χ0n) is 14.0. The largest absolute Gasteiger partial charge is 0.459 e. The Morgan fingerprint density at radius 1 is 1.20 bits per heavy atom. The Balaban J connectivity index is 0.00000101. The fourth-order valence-electron chi connectivity index (χ4n) is 2.09. The summed E-state index contributed by atoms with van der Waals surface area (Å²) in [6.07, 6.45) is 5.19. The van der Waals surface area contributed by atoms with Crippen LogP contribution in [0, 0.1) is 6.92 Å². The molecule has 134 valence electrons. The normalized spacial score (nSPS) is 9.76. The molecule has 0 aliphatic carbocycles. The van der Waals surface area contributed by atoms with Crippen LogP contribution in [-0.2, 0) is 4.74 Å². The monoisotopic (exact) mass is 345 g/mol. The summed E-state index contributed by atoms with van der Waals surface area (Å²) in [6.45, 7) is 4.99. The number of aromatic nitrogens is 3. The number of imidazole rings is 1. The van der Waals surface area contributed by atoms with E-state index >= 15 is 0 Å². The van der Waals surface area contributed by atoms with Crippen molar-refractivity contribution in [1.82, 2.24) is 14.4 Å². The van der Waals surface area contributed by atoms with E-state index < -0.39 is 12.6 Å². The first-order valence-corrected chi connectivity index (χ1v) is 7.82. The first-order valence-electron chi connectivity index (χ1n) is 7.82. The maximum Gasteiger partial charge on any atom is 0.339 e. The molecule has 3 aromatic heterocycles. The molecule has 0 radical (unpaired) electrons. The van der Waals surface area contributed by atoms with Crippen LogP contribution >= 0.6 is 0 Å². The molecule has 0 aliphatic heterocycles. The summed E-state index contributed by atoms with van der Waals surface area (Å²) in [7, 11) is 0. The van der Waals surface area contributed by atoms with Gasteiger partial charge in [0.2, 0.25) is 0 Å². The van der Waals surface area contributed by atoms with Crippen LogP contribution in [0.25, 0.3) is 16.9 Å². The van der Waals surface area contributed by atoms with Crippen LogP contribution < -0.4 is 0 Å². The molecule has 0 aliphatic rings. The molecule has 3 aromatic rings. The fraction of sp³-hybridized carbons (Fsp3) is 0.316. The van der Waals surface area contributed by atoms with E-state index in [2.05, 4.69) is 9.97 Å². The second-order valence-electron chi connectivity index (χ2n) is 4.82. The second kappa shape index (κ2) is 9.52. The maximum absolute atomic E-state index is 12.0. The van der Waals surface area contributed by atoms with Crippen LogP contribution in [0.1, 0.15) is 37.3 Å². The molecule has 0 bridgehead atoms. The summed E-state index contributed by atoms with van der Waals surface area (Å²) < 4.78 is 18.6. The third-order valence-electron chi connectivity index (χ3n) is 3.20. The van der Waals surface area contributed by atoms with E-state index in [0.29, 0.717) is 11.2 Å². The number of ether oxygens (including phenoxy) is 1. The molecule has 0 unspecified atom stereocenters. The van der Waals surface area contributed by atoms with Gasteiger partial charge in [-0.2, -0.15) is 0 Å². The number of hydrogen-bond acceptors (Lipinski definition) is 4. The lowest BCUT2D eigenvalue weighted by atomic mass is 10.2. The van der Waals surface area contributed by atoms with Gasteiger partial charge in [0.1, 0.15) is 18.9 Å². The van der Waals surface area contributed by atoms with Crippen LogP contribution in [0.5, 0.6) is 0 Å². The predicted octanol–water partition coefficient (Wildman–Crippen LogP) is 4.49. The Morgan fingerprint density at radius 3 is 2.60 bits per heavy atom. The van der Waals surface area contributed by atoms with Gasteiger partial charge in [-0.25, -0.2) is 14.2 Å². The second-order valence-corrected chi connectivity index (χ2v) is 4.82. The molecule has 0 fully saturated rings. The standard InChI is InChI=1S/C16H14FN3O2.C2H6.CH4/c1-11-2-3-12(8-18-11)14-10-20-9-13(4-5-15(20)19-14)16(21)22-7-6-17;1-2;/h2-5,8-10H,6-7H2,1H3;1-2H3;1H4. The number of nitrogens with zero attached hydrogens (tertiary/aromatic N) is 3. The number of pyridine rings is 2. The van der Waals surface area contributed by atoms with Gasteiger partial charge in [-0.1, -0.05) is 21.3 Å². The average Bonchev–Trinajstić information content (AvgIpc) is 3.05. The summed E-state index contributed by atoms with van der Waals surface area (Å²) >= 11 is 0. The molecule has 0 amide bonds. The molecule has 0 saturated heterocycles. The number of rotatable bonds is 4. The van der Waals surface area contributed by atoms with Gasteiger partial charge in [-0.3, -0.25) is 4.98 Å². The fourth-order valence-corrected chi connectivity index (χ4v) is 2.09. The van der Waals surface area contributed by atoms with E-state index in [1.165, 1.54) is 0 Å². The first-order chi connectivity index (χ1) is 11.7. The number of carbonyl (C=O) groups excluding carboxylic acids is 1. The number of carbonyl (C=O) groups is 1. The molecule has 25 heavy (non-hydrogen) atoms. The minimum Gasteiger partial charge on any atom is -0.459 e. The lowest BCUT2D eigenvalue weighted by Gasteiger charge is -2.02. The quantitative estimate of drug-likeness (QED) is 0.654. The summed E-state index contributed by atoms with van der Waals surface area (Å²) in [6, 6.07) is 7.19. The van der Waals surface area contributed by atoms with Gasteiger partial charge in [0.25, 0.3) is 0 Å². The molecule has 3 heterocycles. The number of fused-ring (bicyclic) bond motifs is 1. The summed E-state index contributed by atoms with van der Waals surface area (Å²) in [4.78, 5) is 20.5. The minimum absolute atomic E-state index is 0. The van der Waals surface area contributed by atoms with Crippen molar-refractivity contribution in [1.29, 1.82) is 0 Å². The van der Waals surface area contributed by atoms with Crippen molar-refractivity contribution in [2.24, 2.45) is 0 Å². The summed E-state index contributed by atoms with van der Waals surface area (Å²) in [5.41, 5.74) is 3.66. The van der Waals surface area contributed by atoms with Crippen molar-refractivity contribution < 1.29 is 13.9 Å². The van der Waals surface area contributed by atoms with Crippen LogP contribution in [0.3, 0.4) is 0 Å². The molecular weight excluding hydrogens is 321 g/mol. The van der Waals surface area contributed by atoms with E-state index in [4.69, 9.17) is 4.74 Å². The summed E-state index contributed by atoms with van der Waals surface area (Å²) in [5, 5.41) is 0. The first kappa shape index (κ1) is 20.3. The van der Waals surface area contributed by atoms with Gasteiger partial charge in [-0.05, 0) is 31.2 Å². The Labute approximate surface area is 147 Å². The van der Waals surface area contributed by atoms with E-state index in [-0.39, 0.29) is 14.0 Å². The van der Waals surface area contributed by atoms with Gasteiger partial charge >= 0.3 is 5.97 Å². The van der Waals surface area contributed by atoms with E-state index in [9.17, 15) is 9.18 Å². The highest BCUT2D eigenvalue weighted by atomic mass is 19.1. The smallest absolute Gasteiger partial charge is 0.339 e. The number of alkyl halides is 1. The highest BCUT2D eigenvalue weighted by Crippen LogP contribution is 2.19. The van der Waals surface area contributed by atoms with E-state index in [0.717, 1.165) is 17.0 Å². The van der Waals surface area contributed by atoms with Crippen LogP contribution in [0.2, 0.25) is 0 Å². The molecule has 3 rings (SSSR count). The minimum atomic E-state index is -0.691. The van der Waals surface area contributed by atoms with Gasteiger partial charge in [0.15, 0.2) is 0 Å². The van der Waals surface area contributed by atoms with Crippen molar-refractivity contribution in [3.05, 3.63) is 54.1 Å². The highest BCUT2D eigenvalue weighted by Gasteiger charge is 2.10. The number of esters is 1. The van der Waals surface area contributed by atoms with Crippen molar-refractivity contribution in [3.8, 4) is 11.3 Å². The lowest BCUT2D eigenvalue weighted by molar-refractivity contribution is 0.0480. The van der Waals surface area contributed by atoms with Gasteiger partial charge in [0, 0.05) is 29.8 Å². The molecule has 0 N–H and O–H groups in total. The van der Waals surface area contributed by atoms with Crippen LogP contribution in [0.4, 0.5) is 4.39 Å². The third-order valence-corrected chi connectivity index (χ3v) is 3.20. The zero-order chi connectivity index (χ0) is 17.5.